The van der Waals surface area contributed by atoms with Gasteiger partial charge in [0.2, 0.25) is 0 Å². The van der Waals surface area contributed by atoms with Crippen molar-refractivity contribution in [2.24, 2.45) is 0 Å². The van der Waals surface area contributed by atoms with Crippen LogP contribution in [-0.2, 0) is 0 Å². The number of hydrogen-bond acceptors (Lipinski definition) is 2. The monoisotopic (exact) mass is 642 g/mol. The van der Waals surface area contributed by atoms with Crippen molar-refractivity contribution in [3.05, 3.63) is 170 Å². The van der Waals surface area contributed by atoms with Crippen molar-refractivity contribution < 1.29 is 9.47 Å². The predicted molar refractivity (Wildman–Crippen MR) is 211 cm³/mol. The first-order chi connectivity index (χ1) is 24.7. The second kappa shape index (κ2) is 12.3. The smallest absolute Gasteiger partial charge is 0.118 e. The highest BCUT2D eigenvalue weighted by Crippen LogP contribution is 2.47. The molecule has 0 atom stereocenters. The molecule has 0 bridgehead atoms. The molecule has 0 aliphatic rings. The summed E-state index contributed by atoms with van der Waals surface area (Å²) < 4.78 is 11.0. The van der Waals surface area contributed by atoms with Gasteiger partial charge < -0.3 is 9.47 Å². The Hall–Kier alpha value is -6.38. The molecule has 9 aromatic carbocycles. The van der Waals surface area contributed by atoms with Crippen molar-refractivity contribution in [3.8, 4) is 56.0 Å². The van der Waals surface area contributed by atoms with E-state index >= 15 is 0 Å². The van der Waals surface area contributed by atoms with Crippen molar-refractivity contribution >= 4 is 43.1 Å². The third kappa shape index (κ3) is 5.14. The van der Waals surface area contributed by atoms with Gasteiger partial charge in [0, 0.05) is 0 Å². The molecule has 9 rings (SSSR count). The molecule has 0 saturated heterocycles. The van der Waals surface area contributed by atoms with Gasteiger partial charge in [0.15, 0.2) is 0 Å². The highest BCUT2D eigenvalue weighted by molar-refractivity contribution is 6.23. The number of hydrogen-bond donors (Lipinski definition) is 0. The predicted octanol–water partition coefficient (Wildman–Crippen LogP) is 13.0. The second-order valence-electron chi connectivity index (χ2n) is 12.9. The van der Waals surface area contributed by atoms with E-state index in [1.807, 2.05) is 24.3 Å². The average molecular weight is 643 g/mol. The van der Waals surface area contributed by atoms with Gasteiger partial charge in [-0.05, 0) is 136 Å². The third-order valence-electron chi connectivity index (χ3n) is 10.0. The maximum absolute atomic E-state index is 5.48. The van der Waals surface area contributed by atoms with Gasteiger partial charge in [-0.1, -0.05) is 121 Å². The molecule has 0 aliphatic carbocycles. The van der Waals surface area contributed by atoms with Gasteiger partial charge in [0.25, 0.3) is 0 Å². The molecule has 50 heavy (non-hydrogen) atoms. The summed E-state index contributed by atoms with van der Waals surface area (Å²) >= 11 is 0. The molecule has 0 amide bonds. The van der Waals surface area contributed by atoms with Crippen LogP contribution in [0.2, 0.25) is 0 Å². The second-order valence-corrected chi connectivity index (χ2v) is 12.9. The average Bonchev–Trinajstić information content (AvgIpc) is 3.19. The molecule has 0 radical (unpaired) electrons. The molecule has 0 aromatic heterocycles. The molecule has 2 nitrogen and oxygen atoms in total. The zero-order valence-electron chi connectivity index (χ0n) is 28.0. The van der Waals surface area contributed by atoms with Crippen molar-refractivity contribution in [1.29, 1.82) is 0 Å². The quantitative estimate of drug-likeness (QED) is 0.168. The Kier molecular flexibility index (Phi) is 7.29. The van der Waals surface area contributed by atoms with E-state index in [4.69, 9.17) is 9.47 Å². The molecule has 0 saturated carbocycles. The summed E-state index contributed by atoms with van der Waals surface area (Å²) in [6.07, 6.45) is 0. The lowest BCUT2D eigenvalue weighted by atomic mass is 9.83. The Morgan fingerprint density at radius 2 is 0.640 bits per heavy atom. The fraction of sp³-hybridized carbons (Fsp3) is 0.0417. The Morgan fingerprint density at radius 1 is 0.280 bits per heavy atom. The van der Waals surface area contributed by atoms with E-state index in [1.54, 1.807) is 14.2 Å². The summed E-state index contributed by atoms with van der Waals surface area (Å²) in [5.41, 5.74) is 9.52. The largest absolute Gasteiger partial charge is 0.497 e. The summed E-state index contributed by atoms with van der Waals surface area (Å²) in [4.78, 5) is 0. The molecule has 0 spiro atoms. The van der Waals surface area contributed by atoms with Gasteiger partial charge in [-0.25, -0.2) is 0 Å². The van der Waals surface area contributed by atoms with Gasteiger partial charge in [0.1, 0.15) is 11.5 Å². The van der Waals surface area contributed by atoms with Gasteiger partial charge in [0.05, 0.1) is 14.2 Å². The maximum Gasteiger partial charge on any atom is 0.118 e. The summed E-state index contributed by atoms with van der Waals surface area (Å²) in [5.74, 6) is 1.70. The van der Waals surface area contributed by atoms with E-state index in [9.17, 15) is 0 Å². The van der Waals surface area contributed by atoms with Crippen molar-refractivity contribution in [2.75, 3.05) is 14.2 Å². The normalized spacial score (nSPS) is 11.4. The molecule has 0 fully saturated rings. The summed E-state index contributed by atoms with van der Waals surface area (Å²) in [5, 5.41) is 9.82. The Labute approximate surface area is 291 Å². The van der Waals surface area contributed by atoms with Crippen LogP contribution < -0.4 is 9.47 Å². The van der Waals surface area contributed by atoms with E-state index in [1.165, 1.54) is 76.5 Å². The zero-order valence-corrected chi connectivity index (χ0v) is 28.0. The van der Waals surface area contributed by atoms with Crippen LogP contribution in [0.15, 0.2) is 170 Å². The minimum absolute atomic E-state index is 0.851. The molecule has 0 aliphatic heterocycles. The summed E-state index contributed by atoms with van der Waals surface area (Å²) in [6, 6.07) is 61.6. The lowest BCUT2D eigenvalue weighted by molar-refractivity contribution is 0.415. The van der Waals surface area contributed by atoms with E-state index < -0.39 is 0 Å². The Morgan fingerprint density at radius 3 is 1.04 bits per heavy atom. The lowest BCUT2D eigenvalue weighted by Crippen LogP contribution is -1.93. The van der Waals surface area contributed by atoms with Crippen LogP contribution in [0.25, 0.3) is 87.6 Å². The van der Waals surface area contributed by atoms with Crippen molar-refractivity contribution in [2.45, 2.75) is 0 Å². The van der Waals surface area contributed by atoms with Gasteiger partial charge in [-0.15, -0.1) is 0 Å². The number of rotatable bonds is 6. The van der Waals surface area contributed by atoms with Crippen LogP contribution in [0.1, 0.15) is 0 Å². The molecule has 0 heterocycles. The molecule has 238 valence electrons. The minimum Gasteiger partial charge on any atom is -0.497 e. The first kappa shape index (κ1) is 29.7. The zero-order chi connectivity index (χ0) is 33.6. The molecule has 0 unspecified atom stereocenters. The van der Waals surface area contributed by atoms with Crippen molar-refractivity contribution in [1.82, 2.24) is 0 Å². The standard InChI is InChI=1S/C48H34O2/c1-49-41-21-15-33(16-22-41)37-19-25-43-45(29-37)47(39-13-11-31-7-3-5-9-35(31)27-39)44-26-20-38(34-17-23-42(50-2)24-18-34)30-46(44)48(43)40-14-12-32-8-4-6-10-36(32)28-40/h3-30H,1-2H3. The summed E-state index contributed by atoms with van der Waals surface area (Å²) in [6.45, 7) is 0. The highest BCUT2D eigenvalue weighted by Gasteiger charge is 2.19. The van der Waals surface area contributed by atoms with Crippen molar-refractivity contribution in [3.63, 3.8) is 0 Å². The first-order valence-electron chi connectivity index (χ1n) is 17.0. The number of fused-ring (bicyclic) bond motifs is 4. The van der Waals surface area contributed by atoms with E-state index in [2.05, 4.69) is 146 Å². The third-order valence-corrected chi connectivity index (χ3v) is 10.0. The van der Waals surface area contributed by atoms with Gasteiger partial charge in [-0.3, -0.25) is 0 Å². The number of methoxy groups -OCH3 is 2. The molecule has 9 aromatic rings. The fourth-order valence-electron chi connectivity index (χ4n) is 7.47. The van der Waals surface area contributed by atoms with Crippen LogP contribution in [0.4, 0.5) is 0 Å². The summed E-state index contributed by atoms with van der Waals surface area (Å²) in [7, 11) is 3.42. The topological polar surface area (TPSA) is 18.5 Å². The SMILES string of the molecule is COc1ccc(-c2ccc3c(-c4ccc5ccccc5c4)c4cc(-c5ccc(OC)cc5)ccc4c(-c4ccc5ccccc5c4)c3c2)cc1. The number of benzene rings is 9. The van der Waals surface area contributed by atoms with Crippen LogP contribution in [0.3, 0.4) is 0 Å². The molecule has 0 N–H and O–H groups in total. The highest BCUT2D eigenvalue weighted by atomic mass is 16.5. The lowest BCUT2D eigenvalue weighted by Gasteiger charge is -2.20. The van der Waals surface area contributed by atoms with Crippen LogP contribution in [0.5, 0.6) is 11.5 Å². The van der Waals surface area contributed by atoms with Crippen LogP contribution >= 0.6 is 0 Å². The molecular weight excluding hydrogens is 609 g/mol. The van der Waals surface area contributed by atoms with E-state index in [0.717, 1.165) is 22.6 Å². The first-order valence-corrected chi connectivity index (χ1v) is 17.0. The van der Waals surface area contributed by atoms with E-state index in [-0.39, 0.29) is 0 Å². The molecule has 2 heteroatoms. The fourth-order valence-corrected chi connectivity index (χ4v) is 7.47. The van der Waals surface area contributed by atoms with Crippen LogP contribution in [0, 0.1) is 0 Å². The van der Waals surface area contributed by atoms with Crippen LogP contribution in [-0.4, -0.2) is 14.2 Å². The van der Waals surface area contributed by atoms with Gasteiger partial charge >= 0.3 is 0 Å². The Balaban J connectivity index is 1.40. The van der Waals surface area contributed by atoms with E-state index in [0.29, 0.717) is 0 Å². The maximum atomic E-state index is 5.48. The minimum atomic E-state index is 0.851. The Bertz CT molecular complexity index is 2510. The molecular formula is C48H34O2. The number of ether oxygens (including phenoxy) is 2. The van der Waals surface area contributed by atoms with Gasteiger partial charge in [-0.2, -0.15) is 0 Å².